The summed E-state index contributed by atoms with van der Waals surface area (Å²) in [5, 5.41) is 0. The highest BCUT2D eigenvalue weighted by atomic mass is 16.5. The normalized spacial score (nSPS) is 14.7. The smallest absolute Gasteiger partial charge is 0.268 e. The Morgan fingerprint density at radius 2 is 1.77 bits per heavy atom. The molecule has 0 unspecified atom stereocenters. The average molecular weight is 354 g/mol. The molecule has 1 aliphatic heterocycles. The summed E-state index contributed by atoms with van der Waals surface area (Å²) in [6, 6.07) is 14.0. The molecule has 2 aromatic rings. The Bertz CT molecular complexity index is 786. The molecule has 2 amide bonds. The Kier molecular flexibility index (Phi) is 5.41. The Balaban J connectivity index is 1.98. The van der Waals surface area contributed by atoms with Crippen LogP contribution in [-0.4, -0.2) is 36.9 Å². The van der Waals surface area contributed by atoms with Crippen molar-refractivity contribution in [3.05, 3.63) is 59.7 Å². The van der Waals surface area contributed by atoms with Crippen molar-refractivity contribution in [1.82, 2.24) is 4.90 Å². The number of methoxy groups -OCH3 is 1. The molecule has 2 N–H and O–H groups in total. The quantitative estimate of drug-likeness (QED) is 0.864. The van der Waals surface area contributed by atoms with Crippen molar-refractivity contribution in [3.63, 3.8) is 0 Å². The van der Waals surface area contributed by atoms with Crippen molar-refractivity contribution < 1.29 is 19.1 Å². The van der Waals surface area contributed by atoms with Crippen molar-refractivity contribution in [2.45, 2.75) is 18.9 Å². The number of carbonyl (C=O) groups is 2. The van der Waals surface area contributed by atoms with E-state index in [1.54, 1.807) is 23.1 Å². The van der Waals surface area contributed by atoms with Crippen LogP contribution in [0.3, 0.4) is 0 Å². The fourth-order valence-electron chi connectivity index (χ4n) is 3.05. The van der Waals surface area contributed by atoms with Gasteiger partial charge in [0.2, 0.25) is 6.10 Å². The van der Waals surface area contributed by atoms with Gasteiger partial charge in [0.15, 0.2) is 0 Å². The molecule has 136 valence electrons. The zero-order valence-corrected chi connectivity index (χ0v) is 14.7. The van der Waals surface area contributed by atoms with E-state index in [0.29, 0.717) is 18.8 Å². The van der Waals surface area contributed by atoms with Crippen LogP contribution in [-0.2, 0) is 4.79 Å². The van der Waals surface area contributed by atoms with Crippen LogP contribution in [0, 0.1) is 0 Å². The fraction of sp³-hybridized carbons (Fsp3) is 0.300. The molecule has 3 rings (SSSR count). The van der Waals surface area contributed by atoms with Gasteiger partial charge in [-0.2, -0.15) is 0 Å². The molecular formula is C20H22N2O4. The van der Waals surface area contributed by atoms with Crippen LogP contribution < -0.4 is 15.2 Å². The lowest BCUT2D eigenvalue weighted by molar-refractivity contribution is -0.138. The second kappa shape index (κ2) is 7.91. The van der Waals surface area contributed by atoms with E-state index in [4.69, 9.17) is 15.2 Å². The maximum atomic E-state index is 13.0. The van der Waals surface area contributed by atoms with Crippen LogP contribution in [0.25, 0.3) is 0 Å². The first-order chi connectivity index (χ1) is 12.6. The summed E-state index contributed by atoms with van der Waals surface area (Å²) in [6.07, 6.45) is 1.12. The summed E-state index contributed by atoms with van der Waals surface area (Å²) < 4.78 is 11.2. The largest absolute Gasteiger partial charge is 0.497 e. The van der Waals surface area contributed by atoms with Crippen LogP contribution in [0.2, 0.25) is 0 Å². The Morgan fingerprint density at radius 1 is 1.08 bits per heavy atom. The van der Waals surface area contributed by atoms with E-state index in [1.807, 2.05) is 30.3 Å². The third kappa shape index (κ3) is 3.79. The van der Waals surface area contributed by atoms with Gasteiger partial charge in [0.05, 0.1) is 12.7 Å². The molecule has 1 saturated heterocycles. The topological polar surface area (TPSA) is 81.9 Å². The summed E-state index contributed by atoms with van der Waals surface area (Å²) >= 11 is 0. The summed E-state index contributed by atoms with van der Waals surface area (Å²) in [7, 11) is 1.52. The number of rotatable bonds is 6. The van der Waals surface area contributed by atoms with Crippen molar-refractivity contribution >= 4 is 11.8 Å². The minimum atomic E-state index is -0.848. The van der Waals surface area contributed by atoms with Crippen molar-refractivity contribution in [2.24, 2.45) is 5.73 Å². The van der Waals surface area contributed by atoms with Gasteiger partial charge in [-0.1, -0.05) is 30.3 Å². The highest BCUT2D eigenvalue weighted by Crippen LogP contribution is 2.31. The number of carbonyl (C=O) groups excluding carboxylic acids is 2. The highest BCUT2D eigenvalue weighted by Gasteiger charge is 2.30. The van der Waals surface area contributed by atoms with Gasteiger partial charge >= 0.3 is 0 Å². The molecule has 0 aromatic heterocycles. The van der Waals surface area contributed by atoms with Gasteiger partial charge in [0.25, 0.3) is 11.8 Å². The van der Waals surface area contributed by atoms with Gasteiger partial charge in [-0.25, -0.2) is 0 Å². The molecule has 0 spiro atoms. The van der Waals surface area contributed by atoms with Gasteiger partial charge in [-0.15, -0.1) is 0 Å². The standard InChI is InChI=1S/C20H22N2O4/c1-25-15-9-10-16(19(21)23)17(13-15)26-18(14-7-3-2-4-8-14)20(24)22-11-5-6-12-22/h2-4,7-10,13,18H,5-6,11-12H2,1H3,(H2,21,23)/t18-/m0/s1. The Hall–Kier alpha value is -3.02. The van der Waals surface area contributed by atoms with Gasteiger partial charge < -0.3 is 20.1 Å². The number of benzene rings is 2. The molecule has 0 bridgehead atoms. The van der Waals surface area contributed by atoms with Crippen molar-refractivity contribution in [3.8, 4) is 11.5 Å². The number of hydrogen-bond acceptors (Lipinski definition) is 4. The Labute approximate surface area is 152 Å². The zero-order chi connectivity index (χ0) is 18.5. The third-order valence-electron chi connectivity index (χ3n) is 4.44. The summed E-state index contributed by atoms with van der Waals surface area (Å²) in [5.74, 6) is 0.0127. The first-order valence-corrected chi connectivity index (χ1v) is 8.58. The molecule has 1 atom stereocenters. The first kappa shape index (κ1) is 17.8. The molecule has 1 heterocycles. The van der Waals surface area contributed by atoms with Gasteiger partial charge in [-0.3, -0.25) is 9.59 Å². The molecule has 2 aromatic carbocycles. The van der Waals surface area contributed by atoms with E-state index in [9.17, 15) is 9.59 Å². The minimum Gasteiger partial charge on any atom is -0.497 e. The lowest BCUT2D eigenvalue weighted by atomic mass is 10.1. The molecule has 0 radical (unpaired) electrons. The van der Waals surface area contributed by atoms with Gasteiger partial charge in [0, 0.05) is 24.7 Å². The number of amides is 2. The number of likely N-dealkylation sites (tertiary alicyclic amines) is 1. The highest BCUT2D eigenvalue weighted by molar-refractivity contribution is 5.96. The maximum Gasteiger partial charge on any atom is 0.268 e. The molecule has 0 saturated carbocycles. The summed E-state index contributed by atoms with van der Waals surface area (Å²) in [6.45, 7) is 1.43. The van der Waals surface area contributed by atoms with Crippen LogP contribution in [0.15, 0.2) is 48.5 Å². The maximum absolute atomic E-state index is 13.0. The van der Waals surface area contributed by atoms with Crippen LogP contribution in [0.5, 0.6) is 11.5 Å². The predicted octanol–water partition coefficient (Wildman–Crippen LogP) is 2.54. The predicted molar refractivity (Wildman–Crippen MR) is 97.1 cm³/mol. The molecule has 0 aliphatic carbocycles. The monoisotopic (exact) mass is 354 g/mol. The second-order valence-electron chi connectivity index (χ2n) is 6.17. The zero-order valence-electron chi connectivity index (χ0n) is 14.7. The van der Waals surface area contributed by atoms with E-state index in [2.05, 4.69) is 0 Å². The number of ether oxygens (including phenoxy) is 2. The van der Waals surface area contributed by atoms with Crippen molar-refractivity contribution in [1.29, 1.82) is 0 Å². The number of nitrogens with zero attached hydrogens (tertiary/aromatic N) is 1. The van der Waals surface area contributed by atoms with Gasteiger partial charge in [0.1, 0.15) is 11.5 Å². The van der Waals surface area contributed by atoms with Crippen molar-refractivity contribution in [2.75, 3.05) is 20.2 Å². The van der Waals surface area contributed by atoms with Crippen LogP contribution >= 0.6 is 0 Å². The van der Waals surface area contributed by atoms with Crippen LogP contribution in [0.4, 0.5) is 0 Å². The SMILES string of the molecule is COc1ccc(C(N)=O)c(O[C@H](C(=O)N2CCCC2)c2ccccc2)c1. The molecule has 1 aliphatic rings. The molecule has 26 heavy (non-hydrogen) atoms. The van der Waals surface area contributed by atoms with E-state index >= 15 is 0 Å². The molecular weight excluding hydrogens is 332 g/mol. The van der Waals surface area contributed by atoms with E-state index in [0.717, 1.165) is 18.4 Å². The fourth-order valence-corrected chi connectivity index (χ4v) is 3.05. The van der Waals surface area contributed by atoms with Gasteiger partial charge in [-0.05, 0) is 25.0 Å². The molecule has 6 heteroatoms. The van der Waals surface area contributed by atoms with E-state index in [1.165, 1.54) is 7.11 Å². The lowest BCUT2D eigenvalue weighted by Crippen LogP contribution is -2.35. The first-order valence-electron chi connectivity index (χ1n) is 8.58. The third-order valence-corrected chi connectivity index (χ3v) is 4.44. The number of hydrogen-bond donors (Lipinski definition) is 1. The molecule has 6 nitrogen and oxygen atoms in total. The molecule has 1 fully saturated rings. The number of nitrogens with two attached hydrogens (primary N) is 1. The summed E-state index contributed by atoms with van der Waals surface area (Å²) in [5.41, 5.74) is 6.40. The average Bonchev–Trinajstić information content (AvgIpc) is 3.20. The second-order valence-corrected chi connectivity index (χ2v) is 6.17. The number of primary amides is 1. The van der Waals surface area contributed by atoms with E-state index in [-0.39, 0.29) is 17.2 Å². The van der Waals surface area contributed by atoms with Crippen LogP contribution in [0.1, 0.15) is 34.9 Å². The lowest BCUT2D eigenvalue weighted by Gasteiger charge is -2.25. The minimum absolute atomic E-state index is 0.119. The van der Waals surface area contributed by atoms with E-state index < -0.39 is 12.0 Å². The summed E-state index contributed by atoms with van der Waals surface area (Å²) in [4.78, 5) is 26.6. The Morgan fingerprint density at radius 3 is 2.38 bits per heavy atom.